The summed E-state index contributed by atoms with van der Waals surface area (Å²) in [7, 11) is 0. The van der Waals surface area contributed by atoms with E-state index in [9.17, 15) is 18.4 Å². The molecule has 0 saturated carbocycles. The Morgan fingerprint density at radius 3 is 2.70 bits per heavy atom. The Morgan fingerprint density at radius 1 is 1.17 bits per heavy atom. The van der Waals surface area contributed by atoms with Crippen LogP contribution in [0.3, 0.4) is 0 Å². The molecule has 3 amide bonds. The van der Waals surface area contributed by atoms with Crippen molar-refractivity contribution in [2.75, 3.05) is 13.1 Å². The van der Waals surface area contributed by atoms with Crippen LogP contribution < -0.4 is 10.6 Å². The Kier molecular flexibility index (Phi) is 7.03. The fraction of sp³-hybridized carbons (Fsp3) is 0.391. The van der Waals surface area contributed by atoms with Gasteiger partial charge in [0.1, 0.15) is 11.6 Å². The predicted molar refractivity (Wildman–Crippen MR) is 111 cm³/mol. The number of benzene rings is 2. The molecule has 30 heavy (non-hydrogen) atoms. The molecule has 2 N–H and O–H groups in total. The summed E-state index contributed by atoms with van der Waals surface area (Å²) in [4.78, 5) is 26.7. The maximum atomic E-state index is 13.8. The predicted octanol–water partition coefficient (Wildman–Crippen LogP) is 4.19. The number of rotatable bonds is 5. The first-order chi connectivity index (χ1) is 14.3. The van der Waals surface area contributed by atoms with E-state index in [1.807, 2.05) is 36.9 Å². The molecule has 0 aliphatic carbocycles. The van der Waals surface area contributed by atoms with Crippen LogP contribution in [0.4, 0.5) is 13.6 Å². The number of carbonyl (C=O) groups is 2. The highest BCUT2D eigenvalue weighted by Gasteiger charge is 2.25. The summed E-state index contributed by atoms with van der Waals surface area (Å²) in [5.41, 5.74) is 1.69. The van der Waals surface area contributed by atoms with Crippen molar-refractivity contribution in [2.45, 2.75) is 45.2 Å². The van der Waals surface area contributed by atoms with Gasteiger partial charge in [-0.1, -0.05) is 18.2 Å². The number of likely N-dealkylation sites (tertiary alicyclic amines) is 1. The van der Waals surface area contributed by atoms with Gasteiger partial charge in [0.15, 0.2) is 0 Å². The molecule has 0 aromatic heterocycles. The third kappa shape index (κ3) is 5.55. The van der Waals surface area contributed by atoms with E-state index < -0.39 is 11.6 Å². The highest BCUT2D eigenvalue weighted by molar-refractivity contribution is 5.94. The van der Waals surface area contributed by atoms with Crippen molar-refractivity contribution in [1.29, 1.82) is 0 Å². The first-order valence-electron chi connectivity index (χ1n) is 10.2. The standard InChI is InChI=1S/C23H27F2N3O2/c1-15(2)27-23(30)28-10-4-7-19(14-28)16-5-3-6-17(11-16)22(29)26-13-18-8-9-20(24)12-21(18)25/h3,5-6,8-9,11-12,15,19H,4,7,10,13-14H2,1-2H3,(H,26,29)(H,27,30)/t19-/m0/s1. The molecule has 3 rings (SSSR count). The highest BCUT2D eigenvalue weighted by Crippen LogP contribution is 2.27. The van der Waals surface area contributed by atoms with E-state index in [4.69, 9.17) is 0 Å². The van der Waals surface area contributed by atoms with E-state index >= 15 is 0 Å². The first-order valence-corrected chi connectivity index (χ1v) is 10.2. The second kappa shape index (κ2) is 9.69. The third-order valence-electron chi connectivity index (χ3n) is 5.20. The molecule has 1 heterocycles. The molecular formula is C23H27F2N3O2. The summed E-state index contributed by atoms with van der Waals surface area (Å²) in [5.74, 6) is -1.52. The molecule has 160 valence electrons. The number of urea groups is 1. The van der Waals surface area contributed by atoms with E-state index in [1.54, 1.807) is 6.07 Å². The number of hydrogen-bond donors (Lipinski definition) is 2. The van der Waals surface area contributed by atoms with Gasteiger partial charge in [0.2, 0.25) is 0 Å². The molecule has 2 aromatic carbocycles. The maximum Gasteiger partial charge on any atom is 0.317 e. The molecule has 1 saturated heterocycles. The van der Waals surface area contributed by atoms with Crippen LogP contribution in [0, 0.1) is 11.6 Å². The highest BCUT2D eigenvalue weighted by atomic mass is 19.1. The van der Waals surface area contributed by atoms with Crippen LogP contribution in [0.15, 0.2) is 42.5 Å². The quantitative estimate of drug-likeness (QED) is 0.769. The number of nitrogens with zero attached hydrogens (tertiary/aromatic N) is 1. The van der Waals surface area contributed by atoms with Gasteiger partial charge >= 0.3 is 6.03 Å². The number of halogens is 2. The molecule has 7 heteroatoms. The second-order valence-electron chi connectivity index (χ2n) is 7.93. The number of hydrogen-bond acceptors (Lipinski definition) is 2. The Morgan fingerprint density at radius 2 is 1.97 bits per heavy atom. The Bertz CT molecular complexity index is 917. The van der Waals surface area contributed by atoms with Crippen LogP contribution in [0.1, 0.15) is 54.1 Å². The van der Waals surface area contributed by atoms with Gasteiger partial charge in [-0.05, 0) is 50.5 Å². The summed E-state index contributed by atoms with van der Waals surface area (Å²) in [5, 5.41) is 5.60. The van der Waals surface area contributed by atoms with Gasteiger partial charge in [0, 0.05) is 48.8 Å². The molecule has 1 aliphatic rings. The van der Waals surface area contributed by atoms with Crippen molar-refractivity contribution in [3.63, 3.8) is 0 Å². The minimum atomic E-state index is -0.689. The summed E-state index contributed by atoms with van der Waals surface area (Å²) in [6.07, 6.45) is 1.84. The summed E-state index contributed by atoms with van der Waals surface area (Å²) < 4.78 is 26.8. The van der Waals surface area contributed by atoms with E-state index in [0.29, 0.717) is 12.1 Å². The van der Waals surface area contributed by atoms with E-state index in [2.05, 4.69) is 10.6 Å². The summed E-state index contributed by atoms with van der Waals surface area (Å²) >= 11 is 0. The van der Waals surface area contributed by atoms with Gasteiger partial charge in [0.25, 0.3) is 5.91 Å². The van der Waals surface area contributed by atoms with Crippen molar-refractivity contribution < 1.29 is 18.4 Å². The minimum Gasteiger partial charge on any atom is -0.348 e. The third-order valence-corrected chi connectivity index (χ3v) is 5.20. The Hall–Kier alpha value is -2.96. The molecule has 0 bridgehead atoms. The van der Waals surface area contributed by atoms with Crippen molar-refractivity contribution >= 4 is 11.9 Å². The lowest BCUT2D eigenvalue weighted by Gasteiger charge is -2.33. The smallest absolute Gasteiger partial charge is 0.317 e. The van der Waals surface area contributed by atoms with E-state index in [0.717, 1.165) is 37.1 Å². The minimum absolute atomic E-state index is 0.0260. The van der Waals surface area contributed by atoms with Crippen molar-refractivity contribution in [3.8, 4) is 0 Å². The van der Waals surface area contributed by atoms with Gasteiger partial charge in [-0.15, -0.1) is 0 Å². The molecule has 1 aliphatic heterocycles. The van der Waals surface area contributed by atoms with Gasteiger partial charge < -0.3 is 15.5 Å². The number of nitrogens with one attached hydrogen (secondary N) is 2. The number of carbonyl (C=O) groups excluding carboxylic acids is 2. The number of piperidine rings is 1. The fourth-order valence-corrected chi connectivity index (χ4v) is 3.65. The Labute approximate surface area is 175 Å². The second-order valence-corrected chi connectivity index (χ2v) is 7.93. The van der Waals surface area contributed by atoms with Crippen LogP contribution >= 0.6 is 0 Å². The average Bonchev–Trinajstić information content (AvgIpc) is 2.72. The maximum absolute atomic E-state index is 13.8. The molecule has 0 radical (unpaired) electrons. The lowest BCUT2D eigenvalue weighted by Crippen LogP contribution is -2.47. The lowest BCUT2D eigenvalue weighted by molar-refractivity contribution is 0.0950. The first kappa shape index (κ1) is 21.7. The van der Waals surface area contributed by atoms with Crippen molar-refractivity contribution in [1.82, 2.24) is 15.5 Å². The normalized spacial score (nSPS) is 16.4. The Balaban J connectivity index is 1.64. The zero-order valence-corrected chi connectivity index (χ0v) is 17.3. The molecule has 1 fully saturated rings. The van der Waals surface area contributed by atoms with Gasteiger partial charge in [-0.2, -0.15) is 0 Å². The largest absolute Gasteiger partial charge is 0.348 e. The number of amides is 3. The topological polar surface area (TPSA) is 61.4 Å². The summed E-state index contributed by atoms with van der Waals surface area (Å²) in [6, 6.07) is 10.6. The fourth-order valence-electron chi connectivity index (χ4n) is 3.65. The van der Waals surface area contributed by atoms with Gasteiger partial charge in [-0.3, -0.25) is 4.79 Å². The van der Waals surface area contributed by atoms with Crippen LogP contribution in [-0.4, -0.2) is 36.0 Å². The zero-order chi connectivity index (χ0) is 21.7. The molecular weight excluding hydrogens is 388 g/mol. The van der Waals surface area contributed by atoms with Crippen LogP contribution in [0.2, 0.25) is 0 Å². The molecule has 0 unspecified atom stereocenters. The average molecular weight is 415 g/mol. The van der Waals surface area contributed by atoms with E-state index in [-0.39, 0.29) is 36.0 Å². The molecule has 5 nitrogen and oxygen atoms in total. The zero-order valence-electron chi connectivity index (χ0n) is 17.3. The van der Waals surface area contributed by atoms with Crippen molar-refractivity contribution in [2.24, 2.45) is 0 Å². The van der Waals surface area contributed by atoms with Gasteiger partial charge in [0.05, 0.1) is 0 Å². The van der Waals surface area contributed by atoms with Crippen LogP contribution in [-0.2, 0) is 6.54 Å². The summed E-state index contributed by atoms with van der Waals surface area (Å²) in [6.45, 7) is 5.16. The lowest BCUT2D eigenvalue weighted by atomic mass is 9.89. The van der Waals surface area contributed by atoms with E-state index in [1.165, 1.54) is 6.07 Å². The monoisotopic (exact) mass is 415 g/mol. The molecule has 2 aromatic rings. The van der Waals surface area contributed by atoms with Crippen molar-refractivity contribution in [3.05, 3.63) is 70.8 Å². The van der Waals surface area contributed by atoms with Gasteiger partial charge in [-0.25, -0.2) is 13.6 Å². The SMILES string of the molecule is CC(C)NC(=O)N1CCC[C@H](c2cccc(C(=O)NCc3ccc(F)cc3F)c2)C1. The van der Waals surface area contributed by atoms with Crippen LogP contribution in [0.5, 0.6) is 0 Å². The van der Waals surface area contributed by atoms with Crippen LogP contribution in [0.25, 0.3) is 0 Å². The molecule has 0 spiro atoms. The molecule has 1 atom stereocenters.